The molecule has 0 aromatic heterocycles. The molecule has 0 bridgehead atoms. The third kappa shape index (κ3) is 3.33. The fourth-order valence-corrected chi connectivity index (χ4v) is 2.32. The summed E-state index contributed by atoms with van der Waals surface area (Å²) in [5.41, 5.74) is -1.64. The molecule has 0 aliphatic carbocycles. The Labute approximate surface area is 126 Å². The number of ether oxygens (including phenoxy) is 2. The predicted molar refractivity (Wildman–Crippen MR) is 73.9 cm³/mol. The van der Waals surface area contributed by atoms with Gasteiger partial charge in [-0.1, -0.05) is 6.07 Å². The minimum atomic E-state index is -4.44. The van der Waals surface area contributed by atoms with Crippen molar-refractivity contribution >= 4 is 11.6 Å². The normalized spacial score (nSPS) is 17.7. The number of carbonyl (C=O) groups is 1. The maximum atomic E-state index is 12.8. The van der Waals surface area contributed by atoms with E-state index in [1.165, 1.54) is 12.0 Å². The molecule has 0 unspecified atom stereocenters. The van der Waals surface area contributed by atoms with E-state index in [1.807, 2.05) is 0 Å². The highest BCUT2D eigenvalue weighted by Crippen LogP contribution is 2.40. The molecule has 122 valence electrons. The number of nitrogens with one attached hydrogen (secondary N) is 1. The third-order valence-corrected chi connectivity index (χ3v) is 3.59. The van der Waals surface area contributed by atoms with Crippen LogP contribution in [0.2, 0.25) is 0 Å². The smallest absolute Gasteiger partial charge is 0.419 e. The van der Waals surface area contributed by atoms with Gasteiger partial charge in [-0.25, -0.2) is 0 Å². The van der Waals surface area contributed by atoms with E-state index < -0.39 is 11.8 Å². The van der Waals surface area contributed by atoms with Crippen LogP contribution in [-0.2, 0) is 9.53 Å². The molecule has 1 aliphatic rings. The Bertz CT molecular complexity index is 542. The molecule has 1 heterocycles. The third-order valence-electron chi connectivity index (χ3n) is 3.59. The van der Waals surface area contributed by atoms with Crippen LogP contribution in [0.4, 0.5) is 18.9 Å². The minimum absolute atomic E-state index is 0.127. The van der Waals surface area contributed by atoms with Gasteiger partial charge in [0.1, 0.15) is 5.75 Å². The molecule has 1 amide bonds. The molecule has 1 saturated heterocycles. The topological polar surface area (TPSA) is 50.8 Å². The number of methoxy groups -OCH3 is 2. The van der Waals surface area contributed by atoms with Crippen LogP contribution in [0, 0.1) is 0 Å². The molecular weight excluding hydrogens is 301 g/mol. The van der Waals surface area contributed by atoms with Crippen molar-refractivity contribution in [3.8, 4) is 5.75 Å². The monoisotopic (exact) mass is 318 g/mol. The maximum Gasteiger partial charge on any atom is 0.419 e. The average molecular weight is 318 g/mol. The van der Waals surface area contributed by atoms with Crippen molar-refractivity contribution in [2.24, 2.45) is 0 Å². The van der Waals surface area contributed by atoms with Gasteiger partial charge in [0.05, 0.1) is 13.7 Å². The summed E-state index contributed by atoms with van der Waals surface area (Å²) >= 11 is 0. The van der Waals surface area contributed by atoms with Crippen LogP contribution >= 0.6 is 0 Å². The molecule has 0 radical (unpaired) electrons. The van der Waals surface area contributed by atoms with Crippen molar-refractivity contribution < 1.29 is 27.4 Å². The molecule has 22 heavy (non-hydrogen) atoms. The number of amides is 1. The first-order valence-corrected chi connectivity index (χ1v) is 6.58. The Hall–Kier alpha value is -1.80. The fourth-order valence-electron chi connectivity index (χ4n) is 2.32. The molecule has 1 aromatic carbocycles. The highest BCUT2D eigenvalue weighted by molar-refractivity contribution is 5.92. The summed E-state index contributed by atoms with van der Waals surface area (Å²) in [6.07, 6.45) is -4.44. The molecular formula is C14H17F3N2O3. The maximum absolute atomic E-state index is 12.8. The van der Waals surface area contributed by atoms with E-state index in [-0.39, 0.29) is 25.5 Å². The van der Waals surface area contributed by atoms with Crippen LogP contribution in [0.25, 0.3) is 0 Å². The summed E-state index contributed by atoms with van der Waals surface area (Å²) in [5, 5.41) is 2.62. The van der Waals surface area contributed by atoms with Crippen molar-refractivity contribution in [3.05, 3.63) is 24.3 Å². The van der Waals surface area contributed by atoms with Gasteiger partial charge in [0.2, 0.25) is 5.91 Å². The molecule has 5 nitrogen and oxygen atoms in total. The number of likely N-dealkylation sites (tertiary alicyclic amines) is 1. The lowest BCUT2D eigenvalue weighted by Crippen LogP contribution is -2.70. The number of halogens is 3. The number of rotatable bonds is 5. The first kappa shape index (κ1) is 16.6. The van der Waals surface area contributed by atoms with Crippen LogP contribution in [0.1, 0.15) is 0 Å². The first-order chi connectivity index (χ1) is 10.3. The van der Waals surface area contributed by atoms with Crippen molar-refractivity contribution in [1.82, 2.24) is 4.90 Å². The van der Waals surface area contributed by atoms with Crippen LogP contribution in [0.5, 0.6) is 5.75 Å². The summed E-state index contributed by atoms with van der Waals surface area (Å²) in [6.45, 7) is -0.824. The SMILES string of the molecule is COc1cccc(NC(=O)CN2CC(OC)(C(F)(F)F)C2)c1. The first-order valence-electron chi connectivity index (χ1n) is 6.58. The minimum Gasteiger partial charge on any atom is -0.497 e. The van der Waals surface area contributed by atoms with Crippen LogP contribution in [0.15, 0.2) is 24.3 Å². The standard InChI is InChI=1S/C14H17F3N2O3/c1-21-11-5-3-4-10(6-11)18-12(20)7-19-8-13(9-19,22-2)14(15,16)17/h3-6H,7-9H2,1-2H3,(H,18,20). The molecule has 0 saturated carbocycles. The molecule has 1 N–H and O–H groups in total. The highest BCUT2D eigenvalue weighted by atomic mass is 19.4. The van der Waals surface area contributed by atoms with Gasteiger partial charge in [-0.2, -0.15) is 13.2 Å². The van der Waals surface area contributed by atoms with E-state index in [1.54, 1.807) is 24.3 Å². The lowest BCUT2D eigenvalue weighted by Gasteiger charge is -2.49. The Morgan fingerprint density at radius 3 is 2.59 bits per heavy atom. The van der Waals surface area contributed by atoms with Gasteiger partial charge in [0, 0.05) is 32.0 Å². The van der Waals surface area contributed by atoms with Gasteiger partial charge < -0.3 is 14.8 Å². The van der Waals surface area contributed by atoms with E-state index in [4.69, 9.17) is 4.74 Å². The van der Waals surface area contributed by atoms with E-state index >= 15 is 0 Å². The number of carbonyl (C=O) groups excluding carboxylic acids is 1. The quantitative estimate of drug-likeness (QED) is 0.901. The van der Waals surface area contributed by atoms with Gasteiger partial charge in [-0.15, -0.1) is 0 Å². The summed E-state index contributed by atoms with van der Waals surface area (Å²) in [5.74, 6) is 0.192. The van der Waals surface area contributed by atoms with E-state index in [0.29, 0.717) is 11.4 Å². The molecule has 2 rings (SSSR count). The Morgan fingerprint density at radius 1 is 1.36 bits per heavy atom. The summed E-state index contributed by atoms with van der Waals surface area (Å²) in [7, 11) is 2.53. The molecule has 1 fully saturated rings. The number of nitrogens with zero attached hydrogens (tertiary/aromatic N) is 1. The van der Waals surface area contributed by atoms with Crippen LogP contribution in [0.3, 0.4) is 0 Å². The van der Waals surface area contributed by atoms with Gasteiger partial charge >= 0.3 is 6.18 Å². The lowest BCUT2D eigenvalue weighted by molar-refractivity contribution is -0.309. The van der Waals surface area contributed by atoms with Gasteiger partial charge in [0.15, 0.2) is 5.60 Å². The number of benzene rings is 1. The molecule has 0 spiro atoms. The van der Waals surface area contributed by atoms with E-state index in [2.05, 4.69) is 10.1 Å². The second-order valence-electron chi connectivity index (χ2n) is 5.12. The van der Waals surface area contributed by atoms with Gasteiger partial charge in [-0.3, -0.25) is 9.69 Å². The zero-order valence-electron chi connectivity index (χ0n) is 12.2. The molecule has 1 aromatic rings. The zero-order valence-corrected chi connectivity index (χ0v) is 12.2. The van der Waals surface area contributed by atoms with Crippen molar-refractivity contribution in [2.45, 2.75) is 11.8 Å². The molecule has 0 atom stereocenters. The Kier molecular flexibility index (Phi) is 4.62. The fraction of sp³-hybridized carbons (Fsp3) is 0.500. The summed E-state index contributed by atoms with van der Waals surface area (Å²) in [4.78, 5) is 13.2. The second-order valence-corrected chi connectivity index (χ2v) is 5.12. The van der Waals surface area contributed by atoms with Gasteiger partial charge in [0.25, 0.3) is 0 Å². The van der Waals surface area contributed by atoms with Crippen molar-refractivity contribution in [2.75, 3.05) is 39.2 Å². The van der Waals surface area contributed by atoms with E-state index in [0.717, 1.165) is 7.11 Å². The molecule has 1 aliphatic heterocycles. The number of hydrogen-bond acceptors (Lipinski definition) is 4. The average Bonchev–Trinajstić information content (AvgIpc) is 2.41. The largest absolute Gasteiger partial charge is 0.497 e. The molecule has 8 heteroatoms. The van der Waals surface area contributed by atoms with E-state index in [9.17, 15) is 18.0 Å². The second kappa shape index (κ2) is 6.13. The highest BCUT2D eigenvalue weighted by Gasteiger charge is 2.62. The number of alkyl halides is 3. The Balaban J connectivity index is 1.87. The lowest BCUT2D eigenvalue weighted by atomic mass is 9.93. The number of hydrogen-bond donors (Lipinski definition) is 1. The predicted octanol–water partition coefficient (Wildman–Crippen LogP) is 1.90. The van der Waals surface area contributed by atoms with Crippen LogP contribution < -0.4 is 10.1 Å². The zero-order chi connectivity index (χ0) is 16.4. The summed E-state index contributed by atoms with van der Waals surface area (Å²) in [6, 6.07) is 6.73. The number of anilines is 1. The van der Waals surface area contributed by atoms with Crippen molar-refractivity contribution in [1.29, 1.82) is 0 Å². The van der Waals surface area contributed by atoms with Crippen LogP contribution in [-0.4, -0.2) is 56.4 Å². The van der Waals surface area contributed by atoms with Gasteiger partial charge in [-0.05, 0) is 12.1 Å². The summed E-state index contributed by atoms with van der Waals surface area (Å²) < 4.78 is 48.1. The van der Waals surface area contributed by atoms with Crippen molar-refractivity contribution in [3.63, 3.8) is 0 Å². The Morgan fingerprint density at radius 2 is 2.05 bits per heavy atom.